The van der Waals surface area contributed by atoms with Gasteiger partial charge >= 0.3 is 48.9 Å². The number of aliphatic hydroxyl groups is 1. The van der Waals surface area contributed by atoms with Crippen LogP contribution in [-0.4, -0.2) is 65.6 Å². The van der Waals surface area contributed by atoms with Crippen LogP contribution in [0.15, 0.2) is 0 Å². The van der Waals surface area contributed by atoms with Gasteiger partial charge < -0.3 is 13.4 Å². The molecular formula is C4H14BaO2. The summed E-state index contributed by atoms with van der Waals surface area (Å²) in [7, 11) is 0. The van der Waals surface area contributed by atoms with Crippen LogP contribution in [0.1, 0.15) is 23.1 Å². The predicted octanol–water partition coefficient (Wildman–Crippen LogP) is -0.203. The van der Waals surface area contributed by atoms with Gasteiger partial charge in [-0.3, -0.25) is 0 Å². The van der Waals surface area contributed by atoms with Crippen molar-refractivity contribution in [3.63, 3.8) is 0 Å². The van der Waals surface area contributed by atoms with E-state index in [2.05, 4.69) is 0 Å². The summed E-state index contributed by atoms with van der Waals surface area (Å²) in [6.07, 6.45) is 0.745. The average Bonchev–Trinajstić information content (AvgIpc) is 1.38. The summed E-state index contributed by atoms with van der Waals surface area (Å²) in [4.78, 5) is 0. The number of hydrogen-bond donors (Lipinski definition) is 1. The predicted molar refractivity (Wildman–Crippen MR) is 33.6 cm³/mol. The molecule has 0 aromatic carbocycles. The quantitative estimate of drug-likeness (QED) is 0.624. The molecule has 2 nitrogen and oxygen atoms in total. The molecule has 0 saturated carbocycles. The summed E-state index contributed by atoms with van der Waals surface area (Å²) < 4.78 is 0. The second-order valence-corrected chi connectivity index (χ2v) is 1.26. The molecule has 0 aromatic heterocycles. The first-order chi connectivity index (χ1) is 2.27. The molecule has 0 aliphatic rings. The average molecular weight is 231 g/mol. The van der Waals surface area contributed by atoms with E-state index < -0.39 is 0 Å². The second kappa shape index (κ2) is 10.5. The fourth-order valence-corrected chi connectivity index (χ4v) is 0. The van der Waals surface area contributed by atoms with Gasteiger partial charge in [-0.15, -0.1) is 0 Å². The molecular weight excluding hydrogens is 217 g/mol. The first kappa shape index (κ1) is 15.8. The van der Waals surface area contributed by atoms with Crippen molar-refractivity contribution in [3.8, 4) is 0 Å². The maximum Gasteiger partial charge on any atom is 2.00 e. The minimum Gasteiger partial charge on any atom is -1.00 e. The number of rotatable bonds is 1. The Hall–Kier alpha value is 1.49. The third-order valence-electron chi connectivity index (χ3n) is 0.591. The van der Waals surface area contributed by atoms with Crippen LogP contribution in [0.4, 0.5) is 0 Å². The smallest absolute Gasteiger partial charge is 1.00 e. The van der Waals surface area contributed by atoms with E-state index in [1.165, 1.54) is 0 Å². The Labute approximate surface area is 87.7 Å². The van der Waals surface area contributed by atoms with Crippen molar-refractivity contribution < 1.29 is 13.4 Å². The standard InChI is InChI=1S/C4H10O.Ba.H2O.2H/c1-3-4(2)5;;;;/h4-5H,3H2,1-2H3;;1H2;;/q;+2;;2*-1. The molecule has 0 heterocycles. The van der Waals surface area contributed by atoms with Crippen molar-refractivity contribution in [2.24, 2.45) is 0 Å². The molecule has 0 aliphatic carbocycles. The van der Waals surface area contributed by atoms with Gasteiger partial charge in [-0.1, -0.05) is 6.92 Å². The van der Waals surface area contributed by atoms with Gasteiger partial charge in [0.15, 0.2) is 0 Å². The van der Waals surface area contributed by atoms with Crippen LogP contribution >= 0.6 is 0 Å². The van der Waals surface area contributed by atoms with Gasteiger partial charge in [0.2, 0.25) is 0 Å². The van der Waals surface area contributed by atoms with Gasteiger partial charge in [0.25, 0.3) is 0 Å². The molecule has 7 heavy (non-hydrogen) atoms. The zero-order chi connectivity index (χ0) is 4.28. The summed E-state index contributed by atoms with van der Waals surface area (Å²) in [6, 6.07) is 0. The molecule has 0 spiro atoms. The van der Waals surface area contributed by atoms with Gasteiger partial charge in [-0.05, 0) is 13.3 Å². The van der Waals surface area contributed by atoms with Gasteiger partial charge in [-0.2, -0.15) is 0 Å². The van der Waals surface area contributed by atoms with Gasteiger partial charge in [-0.25, -0.2) is 0 Å². The van der Waals surface area contributed by atoms with Crippen LogP contribution in [0.25, 0.3) is 0 Å². The van der Waals surface area contributed by atoms with Crippen molar-refractivity contribution in [3.05, 3.63) is 0 Å². The third-order valence-corrected chi connectivity index (χ3v) is 0.591. The van der Waals surface area contributed by atoms with E-state index in [9.17, 15) is 0 Å². The molecule has 1 unspecified atom stereocenters. The fourth-order valence-electron chi connectivity index (χ4n) is 0. The monoisotopic (exact) mass is 232 g/mol. The van der Waals surface area contributed by atoms with E-state index in [4.69, 9.17) is 5.11 Å². The van der Waals surface area contributed by atoms with Crippen LogP contribution in [0, 0.1) is 0 Å². The van der Waals surface area contributed by atoms with E-state index in [1.807, 2.05) is 6.92 Å². The van der Waals surface area contributed by atoms with E-state index in [1.54, 1.807) is 6.92 Å². The minimum atomic E-state index is -0.116. The zero-order valence-corrected chi connectivity index (χ0v) is 9.38. The Morgan fingerprint density at radius 1 is 1.71 bits per heavy atom. The van der Waals surface area contributed by atoms with Crippen LogP contribution in [-0.2, 0) is 0 Å². The molecule has 0 aromatic rings. The van der Waals surface area contributed by atoms with Crippen LogP contribution in [0.3, 0.4) is 0 Å². The van der Waals surface area contributed by atoms with E-state index in [0.717, 1.165) is 6.42 Å². The second-order valence-electron chi connectivity index (χ2n) is 1.26. The van der Waals surface area contributed by atoms with E-state index in [-0.39, 0.29) is 63.3 Å². The van der Waals surface area contributed by atoms with Crippen molar-refractivity contribution >= 4 is 48.9 Å². The Morgan fingerprint density at radius 3 is 1.86 bits per heavy atom. The molecule has 0 radical (unpaired) electrons. The van der Waals surface area contributed by atoms with Crippen molar-refractivity contribution in [1.82, 2.24) is 0 Å². The molecule has 0 saturated heterocycles. The molecule has 0 aliphatic heterocycles. The topological polar surface area (TPSA) is 51.7 Å². The van der Waals surface area contributed by atoms with Crippen LogP contribution < -0.4 is 0 Å². The molecule has 0 bridgehead atoms. The first-order valence-corrected chi connectivity index (χ1v) is 1.95. The van der Waals surface area contributed by atoms with Crippen molar-refractivity contribution in [2.45, 2.75) is 26.4 Å². The largest absolute Gasteiger partial charge is 2.00 e. The molecule has 0 rings (SSSR count). The Morgan fingerprint density at radius 2 is 1.86 bits per heavy atom. The normalized spacial score (nSPS) is 10.7. The maximum absolute atomic E-state index is 8.36. The van der Waals surface area contributed by atoms with Gasteiger partial charge in [0.05, 0.1) is 6.10 Å². The summed E-state index contributed by atoms with van der Waals surface area (Å²) in [6.45, 7) is 3.73. The molecule has 0 fully saturated rings. The van der Waals surface area contributed by atoms with E-state index in [0.29, 0.717) is 0 Å². The maximum atomic E-state index is 8.36. The van der Waals surface area contributed by atoms with E-state index >= 15 is 0 Å². The number of aliphatic hydroxyl groups excluding tert-OH is 1. The zero-order valence-electron chi connectivity index (χ0n) is 6.94. The summed E-state index contributed by atoms with van der Waals surface area (Å²) >= 11 is 0. The van der Waals surface area contributed by atoms with Crippen molar-refractivity contribution in [2.75, 3.05) is 0 Å². The Kier molecular flexibility index (Phi) is 23.6. The number of hydrogen-bond acceptors (Lipinski definition) is 1. The van der Waals surface area contributed by atoms with Crippen molar-refractivity contribution in [1.29, 1.82) is 0 Å². The SMILES string of the molecule is CCC(C)O.O.[Ba+2].[H-].[H-]. The summed E-state index contributed by atoms with van der Waals surface area (Å²) in [5.74, 6) is 0. The van der Waals surface area contributed by atoms with Crippen LogP contribution in [0.2, 0.25) is 0 Å². The van der Waals surface area contributed by atoms with Crippen LogP contribution in [0.5, 0.6) is 0 Å². The van der Waals surface area contributed by atoms with Gasteiger partial charge in [0.1, 0.15) is 0 Å². The molecule has 44 valence electrons. The molecule has 3 N–H and O–H groups in total. The molecule has 0 amide bonds. The Bertz CT molecular complexity index is 30.5. The first-order valence-electron chi connectivity index (χ1n) is 1.95. The van der Waals surface area contributed by atoms with Gasteiger partial charge in [0, 0.05) is 0 Å². The fraction of sp³-hybridized carbons (Fsp3) is 1.00. The summed E-state index contributed by atoms with van der Waals surface area (Å²) in [5, 5.41) is 8.36. The third kappa shape index (κ3) is 18.5. The Balaban J connectivity index is -0.0000000133. The molecule has 3 heteroatoms. The summed E-state index contributed by atoms with van der Waals surface area (Å²) in [5.41, 5.74) is 0. The minimum absolute atomic E-state index is 0. The molecule has 1 atom stereocenters.